The van der Waals surface area contributed by atoms with Crippen molar-refractivity contribution in [2.24, 2.45) is 17.8 Å². The minimum Gasteiger partial charge on any atom is -0.207 e. The second kappa shape index (κ2) is 12.1. The first-order valence-electron chi connectivity index (χ1n) is 12.6. The fraction of sp³-hybridized carbons (Fsp3) is 0.778. The molecule has 0 heterocycles. The van der Waals surface area contributed by atoms with Gasteiger partial charge in [0, 0.05) is 6.07 Å². The third-order valence-corrected chi connectivity index (χ3v) is 7.86. The van der Waals surface area contributed by atoms with Crippen molar-refractivity contribution in [3.8, 4) is 0 Å². The largest absolute Gasteiger partial charge is 0.207 e. The number of benzene rings is 1. The van der Waals surface area contributed by atoms with Crippen molar-refractivity contribution < 1.29 is 8.78 Å². The van der Waals surface area contributed by atoms with Crippen molar-refractivity contribution in [3.05, 3.63) is 35.4 Å². The average molecular weight is 405 g/mol. The summed E-state index contributed by atoms with van der Waals surface area (Å²) >= 11 is 0. The topological polar surface area (TPSA) is 0 Å². The summed E-state index contributed by atoms with van der Waals surface area (Å²) in [6.45, 7) is 2.30. The van der Waals surface area contributed by atoms with Crippen molar-refractivity contribution in [2.45, 2.75) is 116 Å². The van der Waals surface area contributed by atoms with Crippen LogP contribution in [-0.2, 0) is 0 Å². The molecular weight excluding hydrogens is 362 g/mol. The van der Waals surface area contributed by atoms with Crippen LogP contribution in [0, 0.1) is 29.4 Å². The molecule has 29 heavy (non-hydrogen) atoms. The van der Waals surface area contributed by atoms with Gasteiger partial charge in [-0.3, -0.25) is 0 Å². The maximum absolute atomic E-state index is 13.5. The van der Waals surface area contributed by atoms with Crippen molar-refractivity contribution in [1.29, 1.82) is 0 Å². The van der Waals surface area contributed by atoms with E-state index >= 15 is 0 Å². The highest BCUT2D eigenvalue weighted by molar-refractivity contribution is 5.22. The molecule has 2 aliphatic rings. The zero-order valence-electron chi connectivity index (χ0n) is 18.6. The summed E-state index contributed by atoms with van der Waals surface area (Å²) < 4.78 is 26.9. The van der Waals surface area contributed by atoms with Gasteiger partial charge in [0.2, 0.25) is 0 Å². The van der Waals surface area contributed by atoms with Gasteiger partial charge in [-0.1, -0.05) is 84.0 Å². The standard InChI is InChI=1S/C27H42F2/c1-2-3-4-7-21-10-12-22(13-11-21)8-5-6-9-23-14-16-24(17-15-23)25-18-26(28)20-27(29)19-25/h18-24H,2-17H2,1H3. The highest BCUT2D eigenvalue weighted by Crippen LogP contribution is 2.39. The molecule has 0 radical (unpaired) electrons. The Morgan fingerprint density at radius 3 is 1.48 bits per heavy atom. The molecule has 0 nitrogen and oxygen atoms in total. The van der Waals surface area contributed by atoms with Crippen molar-refractivity contribution in [2.75, 3.05) is 0 Å². The minimum absolute atomic E-state index is 0.351. The number of rotatable bonds is 10. The Balaban J connectivity index is 1.25. The van der Waals surface area contributed by atoms with Gasteiger partial charge >= 0.3 is 0 Å². The van der Waals surface area contributed by atoms with Gasteiger partial charge in [0.1, 0.15) is 11.6 Å². The van der Waals surface area contributed by atoms with Crippen LogP contribution in [-0.4, -0.2) is 0 Å². The lowest BCUT2D eigenvalue weighted by molar-refractivity contribution is 0.240. The quantitative estimate of drug-likeness (QED) is 0.341. The van der Waals surface area contributed by atoms with E-state index in [9.17, 15) is 8.78 Å². The van der Waals surface area contributed by atoms with Crippen molar-refractivity contribution in [1.82, 2.24) is 0 Å². The summed E-state index contributed by atoms with van der Waals surface area (Å²) in [5.74, 6) is 2.34. The summed E-state index contributed by atoms with van der Waals surface area (Å²) in [7, 11) is 0. The monoisotopic (exact) mass is 404 g/mol. The molecule has 0 bridgehead atoms. The molecule has 1 aromatic carbocycles. The highest BCUT2D eigenvalue weighted by Gasteiger charge is 2.24. The van der Waals surface area contributed by atoms with Gasteiger partial charge in [-0.25, -0.2) is 8.78 Å². The van der Waals surface area contributed by atoms with Gasteiger partial charge in [-0.05, 0) is 67.1 Å². The fourth-order valence-electron chi connectivity index (χ4n) is 5.95. The molecule has 2 saturated carbocycles. The van der Waals surface area contributed by atoms with Crippen LogP contribution in [0.1, 0.15) is 121 Å². The van der Waals surface area contributed by atoms with E-state index in [2.05, 4.69) is 6.92 Å². The van der Waals surface area contributed by atoms with Gasteiger partial charge in [0.05, 0.1) is 0 Å². The Bertz CT molecular complexity index is 560. The molecule has 3 rings (SSSR count). The zero-order chi connectivity index (χ0) is 20.5. The lowest BCUT2D eigenvalue weighted by Crippen LogP contribution is -2.15. The zero-order valence-corrected chi connectivity index (χ0v) is 18.6. The normalized spacial score (nSPS) is 27.8. The van der Waals surface area contributed by atoms with E-state index in [1.165, 1.54) is 102 Å². The number of hydrogen-bond acceptors (Lipinski definition) is 0. The maximum atomic E-state index is 13.5. The predicted octanol–water partition coefficient (Wildman–Crippen LogP) is 9.19. The van der Waals surface area contributed by atoms with Crippen LogP contribution in [0.3, 0.4) is 0 Å². The number of hydrogen-bond donors (Lipinski definition) is 0. The Morgan fingerprint density at radius 2 is 1.03 bits per heavy atom. The summed E-state index contributed by atoms with van der Waals surface area (Å²) in [5, 5.41) is 0. The van der Waals surface area contributed by atoms with E-state index in [1.54, 1.807) is 0 Å². The number of unbranched alkanes of at least 4 members (excludes halogenated alkanes) is 3. The first-order chi connectivity index (χ1) is 14.1. The van der Waals surface area contributed by atoms with Crippen LogP contribution >= 0.6 is 0 Å². The second-order valence-electron chi connectivity index (χ2n) is 10.1. The van der Waals surface area contributed by atoms with Gasteiger partial charge in [-0.2, -0.15) is 0 Å². The van der Waals surface area contributed by atoms with Gasteiger partial charge in [0.15, 0.2) is 0 Å². The molecule has 0 unspecified atom stereocenters. The molecule has 0 spiro atoms. The molecule has 0 aliphatic heterocycles. The maximum Gasteiger partial charge on any atom is 0.126 e. The number of halogens is 2. The first kappa shape index (κ1) is 22.8. The second-order valence-corrected chi connectivity index (χ2v) is 10.1. The van der Waals surface area contributed by atoms with E-state index in [0.29, 0.717) is 5.92 Å². The van der Waals surface area contributed by atoms with Crippen LogP contribution in [0.5, 0.6) is 0 Å². The Kier molecular flexibility index (Phi) is 9.46. The Morgan fingerprint density at radius 1 is 0.621 bits per heavy atom. The van der Waals surface area contributed by atoms with E-state index in [4.69, 9.17) is 0 Å². The van der Waals surface area contributed by atoms with E-state index in [-0.39, 0.29) is 0 Å². The van der Waals surface area contributed by atoms with Crippen LogP contribution in [0.15, 0.2) is 18.2 Å². The van der Waals surface area contributed by atoms with Crippen molar-refractivity contribution in [3.63, 3.8) is 0 Å². The lowest BCUT2D eigenvalue weighted by atomic mass is 9.76. The molecule has 164 valence electrons. The molecule has 0 saturated heterocycles. The summed E-state index contributed by atoms with van der Waals surface area (Å²) in [6, 6.07) is 4.05. The molecule has 0 atom stereocenters. The average Bonchev–Trinajstić information content (AvgIpc) is 2.72. The molecular formula is C27H42F2. The van der Waals surface area contributed by atoms with Crippen LogP contribution in [0.4, 0.5) is 8.78 Å². The lowest BCUT2D eigenvalue weighted by Gasteiger charge is -2.30. The third kappa shape index (κ3) is 7.68. The predicted molar refractivity (Wildman–Crippen MR) is 119 cm³/mol. The summed E-state index contributed by atoms with van der Waals surface area (Å²) in [6.07, 6.45) is 21.8. The third-order valence-electron chi connectivity index (χ3n) is 7.86. The Hall–Kier alpha value is -0.920. The molecule has 0 amide bonds. The molecule has 2 fully saturated rings. The van der Waals surface area contributed by atoms with Crippen LogP contribution in [0.2, 0.25) is 0 Å². The summed E-state index contributed by atoms with van der Waals surface area (Å²) in [4.78, 5) is 0. The molecule has 0 aromatic heterocycles. The van der Waals surface area contributed by atoms with Crippen LogP contribution < -0.4 is 0 Å². The van der Waals surface area contributed by atoms with Crippen molar-refractivity contribution >= 4 is 0 Å². The highest BCUT2D eigenvalue weighted by atomic mass is 19.1. The fourth-order valence-corrected chi connectivity index (χ4v) is 5.95. The molecule has 2 heteroatoms. The SMILES string of the molecule is CCCCCC1CCC(CCCCC2CCC(c3cc(F)cc(F)c3)CC2)CC1. The van der Waals surface area contributed by atoms with E-state index in [1.807, 2.05) is 0 Å². The first-order valence-corrected chi connectivity index (χ1v) is 12.6. The summed E-state index contributed by atoms with van der Waals surface area (Å²) in [5.41, 5.74) is 0.867. The minimum atomic E-state index is -0.433. The van der Waals surface area contributed by atoms with Gasteiger partial charge in [-0.15, -0.1) is 0 Å². The molecule has 1 aromatic rings. The van der Waals surface area contributed by atoms with E-state index in [0.717, 1.165) is 42.2 Å². The smallest absolute Gasteiger partial charge is 0.126 e. The van der Waals surface area contributed by atoms with Gasteiger partial charge in [0.25, 0.3) is 0 Å². The van der Waals surface area contributed by atoms with E-state index < -0.39 is 11.6 Å². The Labute approximate surface area is 177 Å². The molecule has 0 N–H and O–H groups in total. The van der Waals surface area contributed by atoms with Crippen LogP contribution in [0.25, 0.3) is 0 Å². The molecule has 2 aliphatic carbocycles. The van der Waals surface area contributed by atoms with Gasteiger partial charge < -0.3 is 0 Å².